The van der Waals surface area contributed by atoms with Crippen LogP contribution in [0.3, 0.4) is 0 Å². The molecule has 1 aliphatic rings. The number of aliphatic hydroxyl groups excluding tert-OH is 1. The van der Waals surface area contributed by atoms with Crippen molar-refractivity contribution in [3.63, 3.8) is 0 Å². The van der Waals surface area contributed by atoms with Gasteiger partial charge in [0, 0.05) is 13.2 Å². The van der Waals surface area contributed by atoms with Crippen LogP contribution in [0.25, 0.3) is 0 Å². The van der Waals surface area contributed by atoms with Gasteiger partial charge >= 0.3 is 0 Å². The van der Waals surface area contributed by atoms with Gasteiger partial charge in [-0.05, 0) is 6.92 Å². The molecule has 0 spiro atoms. The van der Waals surface area contributed by atoms with Crippen LogP contribution in [0.1, 0.15) is 6.92 Å². The van der Waals surface area contributed by atoms with Gasteiger partial charge in [-0.15, -0.1) is 0 Å². The topological polar surface area (TPSA) is 59.0 Å². The highest BCUT2D eigenvalue weighted by molar-refractivity contribution is 5.77. The Morgan fingerprint density at radius 3 is 3.14 bits per heavy atom. The second-order valence-corrected chi connectivity index (χ2v) is 3.14. The molecule has 0 saturated carbocycles. The van der Waals surface area contributed by atoms with Crippen molar-refractivity contribution in [3.05, 3.63) is 0 Å². The van der Waals surface area contributed by atoms with Crippen molar-refractivity contribution in [1.29, 1.82) is 0 Å². The SMILES string of the molecule is CCOCC(=O)N1CCOC[C@@H]1CO. The van der Waals surface area contributed by atoms with Crippen molar-refractivity contribution in [2.24, 2.45) is 0 Å². The first-order valence-corrected chi connectivity index (χ1v) is 4.85. The highest BCUT2D eigenvalue weighted by atomic mass is 16.5. The second-order valence-electron chi connectivity index (χ2n) is 3.14. The predicted octanol–water partition coefficient (Wildman–Crippen LogP) is -0.757. The number of amides is 1. The molecule has 5 nitrogen and oxygen atoms in total. The highest BCUT2D eigenvalue weighted by Crippen LogP contribution is 2.06. The summed E-state index contributed by atoms with van der Waals surface area (Å²) in [5.41, 5.74) is 0. The number of carbonyl (C=O) groups excluding carboxylic acids is 1. The fourth-order valence-electron chi connectivity index (χ4n) is 1.41. The Balaban J connectivity index is 2.41. The quantitative estimate of drug-likeness (QED) is 0.652. The summed E-state index contributed by atoms with van der Waals surface area (Å²) >= 11 is 0. The molecule has 82 valence electrons. The third kappa shape index (κ3) is 2.94. The Morgan fingerprint density at radius 2 is 2.50 bits per heavy atom. The van der Waals surface area contributed by atoms with Crippen molar-refractivity contribution < 1.29 is 19.4 Å². The molecule has 0 aromatic carbocycles. The first-order valence-electron chi connectivity index (χ1n) is 4.85. The van der Waals surface area contributed by atoms with Crippen molar-refractivity contribution in [2.75, 3.05) is 39.6 Å². The van der Waals surface area contributed by atoms with Crippen molar-refractivity contribution in [2.45, 2.75) is 13.0 Å². The van der Waals surface area contributed by atoms with Gasteiger partial charge in [-0.1, -0.05) is 0 Å². The third-order valence-electron chi connectivity index (χ3n) is 2.19. The zero-order valence-electron chi connectivity index (χ0n) is 8.44. The van der Waals surface area contributed by atoms with Gasteiger partial charge < -0.3 is 19.5 Å². The smallest absolute Gasteiger partial charge is 0.249 e. The predicted molar refractivity (Wildman–Crippen MR) is 49.9 cm³/mol. The van der Waals surface area contributed by atoms with Crippen LogP contribution < -0.4 is 0 Å². The number of morpholine rings is 1. The van der Waals surface area contributed by atoms with Gasteiger partial charge in [-0.2, -0.15) is 0 Å². The first-order chi connectivity index (χ1) is 6.79. The van der Waals surface area contributed by atoms with E-state index in [1.807, 2.05) is 6.92 Å². The summed E-state index contributed by atoms with van der Waals surface area (Å²) in [5.74, 6) is -0.0748. The zero-order valence-corrected chi connectivity index (χ0v) is 8.44. The van der Waals surface area contributed by atoms with E-state index in [9.17, 15) is 4.79 Å². The maximum absolute atomic E-state index is 11.6. The van der Waals surface area contributed by atoms with Crippen LogP contribution in [0.2, 0.25) is 0 Å². The first kappa shape index (κ1) is 11.4. The van der Waals surface area contributed by atoms with Gasteiger partial charge in [0.25, 0.3) is 0 Å². The standard InChI is InChI=1S/C9H17NO4/c1-2-13-7-9(12)10-3-4-14-6-8(10)5-11/h8,11H,2-7H2,1H3/t8-/m0/s1. The summed E-state index contributed by atoms with van der Waals surface area (Å²) in [4.78, 5) is 13.2. The van der Waals surface area contributed by atoms with Crippen molar-refractivity contribution in [3.8, 4) is 0 Å². The molecule has 0 unspecified atom stereocenters. The summed E-state index contributed by atoms with van der Waals surface area (Å²) in [5, 5.41) is 9.02. The second kappa shape index (κ2) is 5.95. The maximum atomic E-state index is 11.6. The number of nitrogens with zero attached hydrogens (tertiary/aromatic N) is 1. The monoisotopic (exact) mass is 203 g/mol. The van der Waals surface area contributed by atoms with Crippen LogP contribution in [0.5, 0.6) is 0 Å². The number of carbonyl (C=O) groups is 1. The number of hydrogen-bond donors (Lipinski definition) is 1. The van der Waals surface area contributed by atoms with E-state index < -0.39 is 0 Å². The number of rotatable bonds is 4. The van der Waals surface area contributed by atoms with Gasteiger partial charge in [0.1, 0.15) is 6.61 Å². The molecule has 0 bridgehead atoms. The lowest BCUT2D eigenvalue weighted by Gasteiger charge is -2.34. The lowest BCUT2D eigenvalue weighted by atomic mass is 10.2. The number of aliphatic hydroxyl groups is 1. The van der Waals surface area contributed by atoms with Gasteiger partial charge in [0.2, 0.25) is 5.91 Å². The average Bonchev–Trinajstić information content (AvgIpc) is 2.25. The molecule has 0 aliphatic carbocycles. The lowest BCUT2D eigenvalue weighted by Crippen LogP contribution is -2.51. The van der Waals surface area contributed by atoms with Crippen LogP contribution in [-0.4, -0.2) is 61.5 Å². The molecule has 1 N–H and O–H groups in total. The molecule has 14 heavy (non-hydrogen) atoms. The van der Waals surface area contributed by atoms with Crippen LogP contribution >= 0.6 is 0 Å². The van der Waals surface area contributed by atoms with E-state index in [0.717, 1.165) is 0 Å². The largest absolute Gasteiger partial charge is 0.394 e. The minimum atomic E-state index is -0.211. The molecule has 1 aliphatic heterocycles. The van der Waals surface area contributed by atoms with E-state index in [1.165, 1.54) is 0 Å². The van der Waals surface area contributed by atoms with Crippen LogP contribution in [0, 0.1) is 0 Å². The molecule has 1 rings (SSSR count). The lowest BCUT2D eigenvalue weighted by molar-refractivity contribution is -0.146. The molecule has 5 heteroatoms. The Kier molecular flexibility index (Phi) is 4.86. The number of hydrogen-bond acceptors (Lipinski definition) is 4. The summed E-state index contributed by atoms with van der Waals surface area (Å²) in [6, 6.07) is -0.211. The molecular formula is C9H17NO4. The van der Waals surface area contributed by atoms with Gasteiger partial charge in [0.05, 0.1) is 25.9 Å². The van der Waals surface area contributed by atoms with Gasteiger partial charge in [-0.25, -0.2) is 0 Å². The molecular weight excluding hydrogens is 186 g/mol. The van der Waals surface area contributed by atoms with E-state index in [0.29, 0.717) is 26.4 Å². The summed E-state index contributed by atoms with van der Waals surface area (Å²) < 4.78 is 10.2. The molecule has 0 aromatic heterocycles. The van der Waals surface area contributed by atoms with E-state index in [-0.39, 0.29) is 25.2 Å². The van der Waals surface area contributed by atoms with Crippen LogP contribution in [0.15, 0.2) is 0 Å². The van der Waals surface area contributed by atoms with E-state index in [1.54, 1.807) is 4.90 Å². The Bertz CT molecular complexity index is 186. The van der Waals surface area contributed by atoms with E-state index in [4.69, 9.17) is 14.6 Å². The van der Waals surface area contributed by atoms with Crippen LogP contribution in [-0.2, 0) is 14.3 Å². The molecule has 1 saturated heterocycles. The normalized spacial score (nSPS) is 22.4. The van der Waals surface area contributed by atoms with Gasteiger partial charge in [-0.3, -0.25) is 4.79 Å². The summed E-state index contributed by atoms with van der Waals surface area (Å²) in [6.07, 6.45) is 0. The molecule has 1 fully saturated rings. The van der Waals surface area contributed by atoms with Crippen molar-refractivity contribution in [1.82, 2.24) is 4.90 Å². The highest BCUT2D eigenvalue weighted by Gasteiger charge is 2.26. The Labute approximate surface area is 83.6 Å². The molecule has 0 aromatic rings. The Hall–Kier alpha value is -0.650. The van der Waals surface area contributed by atoms with Gasteiger partial charge in [0.15, 0.2) is 0 Å². The number of ether oxygens (including phenoxy) is 2. The van der Waals surface area contributed by atoms with E-state index in [2.05, 4.69) is 0 Å². The summed E-state index contributed by atoms with van der Waals surface area (Å²) in [7, 11) is 0. The minimum absolute atomic E-state index is 0.0577. The summed E-state index contributed by atoms with van der Waals surface area (Å²) in [6.45, 7) is 3.89. The van der Waals surface area contributed by atoms with Crippen LogP contribution in [0.4, 0.5) is 0 Å². The average molecular weight is 203 g/mol. The minimum Gasteiger partial charge on any atom is -0.394 e. The fourth-order valence-corrected chi connectivity index (χ4v) is 1.41. The van der Waals surface area contributed by atoms with E-state index >= 15 is 0 Å². The maximum Gasteiger partial charge on any atom is 0.249 e. The zero-order chi connectivity index (χ0) is 10.4. The molecule has 1 atom stereocenters. The fraction of sp³-hybridized carbons (Fsp3) is 0.889. The molecule has 1 heterocycles. The van der Waals surface area contributed by atoms with Crippen molar-refractivity contribution >= 4 is 5.91 Å². The third-order valence-corrected chi connectivity index (χ3v) is 2.19. The molecule has 0 radical (unpaired) electrons. The molecule has 1 amide bonds. The Morgan fingerprint density at radius 1 is 1.71 bits per heavy atom.